The molecule has 0 aliphatic carbocycles. The molecule has 0 bridgehead atoms. The summed E-state index contributed by atoms with van der Waals surface area (Å²) >= 11 is 3.26. The van der Waals surface area contributed by atoms with Crippen molar-refractivity contribution in [3.63, 3.8) is 0 Å². The summed E-state index contributed by atoms with van der Waals surface area (Å²) in [6.07, 6.45) is 0. The molecule has 0 heterocycles. The van der Waals surface area contributed by atoms with E-state index in [4.69, 9.17) is 0 Å². The summed E-state index contributed by atoms with van der Waals surface area (Å²) in [7, 11) is 0. The van der Waals surface area contributed by atoms with Crippen molar-refractivity contribution in [3.05, 3.63) is 34.1 Å². The molecule has 3 nitrogen and oxygen atoms in total. The van der Waals surface area contributed by atoms with E-state index in [9.17, 15) is 9.18 Å². The van der Waals surface area contributed by atoms with E-state index in [2.05, 4.69) is 26.6 Å². The smallest absolute Gasteiger partial charge is 0.233 e. The van der Waals surface area contributed by atoms with Gasteiger partial charge in [0, 0.05) is 17.6 Å². The predicted molar refractivity (Wildman–Crippen MR) is 64.5 cm³/mol. The number of carbonyl (C=O) groups excluding carboxylic acids is 1. The van der Waals surface area contributed by atoms with Crippen LogP contribution in [0.1, 0.15) is 12.5 Å². The molecule has 0 saturated carbocycles. The summed E-state index contributed by atoms with van der Waals surface area (Å²) < 4.78 is 13.5. The average molecular weight is 289 g/mol. The van der Waals surface area contributed by atoms with Crippen LogP contribution >= 0.6 is 15.9 Å². The molecule has 0 aliphatic heterocycles. The first-order valence-corrected chi connectivity index (χ1v) is 5.84. The zero-order valence-corrected chi connectivity index (χ0v) is 10.6. The van der Waals surface area contributed by atoms with Gasteiger partial charge in [0.15, 0.2) is 0 Å². The molecule has 0 atom stereocenters. The summed E-state index contributed by atoms with van der Waals surface area (Å²) in [5.41, 5.74) is 0.922. The Labute approximate surface area is 103 Å². The third kappa shape index (κ3) is 4.28. The molecule has 2 N–H and O–H groups in total. The lowest BCUT2D eigenvalue weighted by Crippen LogP contribution is -2.33. The van der Waals surface area contributed by atoms with E-state index in [1.807, 2.05) is 6.92 Å². The normalized spacial score (nSPS) is 10.2. The van der Waals surface area contributed by atoms with E-state index < -0.39 is 0 Å². The van der Waals surface area contributed by atoms with E-state index in [0.29, 0.717) is 17.6 Å². The van der Waals surface area contributed by atoms with Gasteiger partial charge in [-0.2, -0.15) is 0 Å². The molecule has 0 unspecified atom stereocenters. The minimum absolute atomic E-state index is 0.0410. The van der Waals surface area contributed by atoms with Gasteiger partial charge in [-0.15, -0.1) is 0 Å². The maximum Gasteiger partial charge on any atom is 0.233 e. The standard InChI is InChI=1S/C11H14BrFN2O/c1-2-15-11(16)7-14-6-8-3-4-9(13)5-10(8)12/h3-5,14H,2,6-7H2,1H3,(H,15,16). The zero-order valence-electron chi connectivity index (χ0n) is 9.02. The van der Waals surface area contributed by atoms with E-state index >= 15 is 0 Å². The number of halogens is 2. The Bertz CT molecular complexity index is 371. The molecule has 0 radical (unpaired) electrons. The molecule has 16 heavy (non-hydrogen) atoms. The van der Waals surface area contributed by atoms with Crippen molar-refractivity contribution in [2.75, 3.05) is 13.1 Å². The number of hydrogen-bond acceptors (Lipinski definition) is 2. The van der Waals surface area contributed by atoms with Gasteiger partial charge < -0.3 is 10.6 Å². The second-order valence-corrected chi connectivity index (χ2v) is 4.15. The molecule has 0 aliphatic rings. The molecule has 0 spiro atoms. The highest BCUT2D eigenvalue weighted by atomic mass is 79.9. The SMILES string of the molecule is CCNC(=O)CNCc1ccc(F)cc1Br. The number of hydrogen-bond donors (Lipinski definition) is 2. The molecule has 0 fully saturated rings. The van der Waals surface area contributed by atoms with E-state index in [-0.39, 0.29) is 18.3 Å². The minimum atomic E-state index is -0.278. The van der Waals surface area contributed by atoms with Crippen LogP contribution in [-0.4, -0.2) is 19.0 Å². The first kappa shape index (κ1) is 13.1. The van der Waals surface area contributed by atoms with Crippen molar-refractivity contribution < 1.29 is 9.18 Å². The minimum Gasteiger partial charge on any atom is -0.355 e. The lowest BCUT2D eigenvalue weighted by Gasteiger charge is -2.06. The molecule has 0 saturated heterocycles. The van der Waals surface area contributed by atoms with E-state index in [0.717, 1.165) is 5.56 Å². The maximum absolute atomic E-state index is 12.8. The third-order valence-corrected chi connectivity index (χ3v) is 2.73. The van der Waals surface area contributed by atoms with Gasteiger partial charge >= 0.3 is 0 Å². The van der Waals surface area contributed by atoms with E-state index in [1.165, 1.54) is 12.1 Å². The highest BCUT2D eigenvalue weighted by molar-refractivity contribution is 9.10. The molecular formula is C11H14BrFN2O. The highest BCUT2D eigenvalue weighted by Crippen LogP contribution is 2.17. The summed E-state index contributed by atoms with van der Waals surface area (Å²) in [4.78, 5) is 11.1. The molecule has 1 aromatic rings. The fraction of sp³-hybridized carbons (Fsp3) is 0.364. The molecule has 5 heteroatoms. The molecule has 1 aromatic carbocycles. The predicted octanol–water partition coefficient (Wildman–Crippen LogP) is 1.81. The number of carbonyl (C=O) groups is 1. The van der Waals surface area contributed by atoms with Crippen LogP contribution in [0.3, 0.4) is 0 Å². The topological polar surface area (TPSA) is 41.1 Å². The lowest BCUT2D eigenvalue weighted by atomic mass is 10.2. The summed E-state index contributed by atoms with van der Waals surface area (Å²) in [6.45, 7) is 3.28. The average Bonchev–Trinajstić information content (AvgIpc) is 2.22. The van der Waals surface area contributed by atoms with Gasteiger partial charge in [0.05, 0.1) is 6.54 Å². The highest BCUT2D eigenvalue weighted by Gasteiger charge is 2.02. The van der Waals surface area contributed by atoms with Gasteiger partial charge in [-0.1, -0.05) is 22.0 Å². The van der Waals surface area contributed by atoms with Crippen molar-refractivity contribution >= 4 is 21.8 Å². The largest absolute Gasteiger partial charge is 0.355 e. The van der Waals surface area contributed by atoms with Gasteiger partial charge in [0.1, 0.15) is 5.82 Å². The second kappa shape index (κ2) is 6.60. The van der Waals surface area contributed by atoms with E-state index in [1.54, 1.807) is 6.07 Å². The van der Waals surface area contributed by atoms with Gasteiger partial charge in [0.25, 0.3) is 0 Å². The van der Waals surface area contributed by atoms with Crippen LogP contribution in [0.25, 0.3) is 0 Å². The Morgan fingerprint density at radius 1 is 1.50 bits per heavy atom. The third-order valence-electron chi connectivity index (χ3n) is 1.99. The molecular weight excluding hydrogens is 275 g/mol. The lowest BCUT2D eigenvalue weighted by molar-refractivity contribution is -0.120. The van der Waals surface area contributed by atoms with Crippen molar-refractivity contribution in [1.82, 2.24) is 10.6 Å². The molecule has 0 aromatic heterocycles. The summed E-state index contributed by atoms with van der Waals surface area (Å²) in [5.74, 6) is -0.319. The first-order chi connectivity index (χ1) is 7.63. The van der Waals surface area contributed by atoms with Gasteiger partial charge in [-0.25, -0.2) is 4.39 Å². The van der Waals surface area contributed by atoms with Crippen LogP contribution in [0, 0.1) is 5.82 Å². The van der Waals surface area contributed by atoms with Crippen LogP contribution in [0.5, 0.6) is 0 Å². The van der Waals surface area contributed by atoms with Crippen LogP contribution in [0.2, 0.25) is 0 Å². The number of benzene rings is 1. The van der Waals surface area contributed by atoms with Gasteiger partial charge in [-0.3, -0.25) is 4.79 Å². The van der Waals surface area contributed by atoms with Crippen molar-refractivity contribution in [2.24, 2.45) is 0 Å². The zero-order chi connectivity index (χ0) is 12.0. The Morgan fingerprint density at radius 3 is 2.88 bits per heavy atom. The second-order valence-electron chi connectivity index (χ2n) is 3.29. The monoisotopic (exact) mass is 288 g/mol. The maximum atomic E-state index is 12.8. The van der Waals surface area contributed by atoms with Crippen molar-refractivity contribution in [3.8, 4) is 0 Å². The number of amides is 1. The number of nitrogens with one attached hydrogen (secondary N) is 2. The first-order valence-electron chi connectivity index (χ1n) is 5.04. The van der Waals surface area contributed by atoms with Crippen LogP contribution < -0.4 is 10.6 Å². The summed E-state index contributed by atoms with van der Waals surface area (Å²) in [6, 6.07) is 4.49. The van der Waals surface area contributed by atoms with Gasteiger partial charge in [-0.05, 0) is 24.6 Å². The van der Waals surface area contributed by atoms with Gasteiger partial charge in [0.2, 0.25) is 5.91 Å². The molecule has 1 rings (SSSR count). The van der Waals surface area contributed by atoms with Crippen LogP contribution in [0.4, 0.5) is 4.39 Å². The Kier molecular flexibility index (Phi) is 5.42. The Morgan fingerprint density at radius 2 is 2.25 bits per heavy atom. The fourth-order valence-corrected chi connectivity index (χ4v) is 1.73. The van der Waals surface area contributed by atoms with Crippen molar-refractivity contribution in [1.29, 1.82) is 0 Å². The Balaban J connectivity index is 2.40. The molecule has 88 valence electrons. The summed E-state index contributed by atoms with van der Waals surface area (Å²) in [5, 5.41) is 5.66. The number of likely N-dealkylation sites (N-methyl/N-ethyl adjacent to an activating group) is 1. The Hall–Kier alpha value is -0.940. The van der Waals surface area contributed by atoms with Crippen LogP contribution in [0.15, 0.2) is 22.7 Å². The van der Waals surface area contributed by atoms with Crippen LogP contribution in [-0.2, 0) is 11.3 Å². The van der Waals surface area contributed by atoms with Crippen molar-refractivity contribution in [2.45, 2.75) is 13.5 Å². The number of rotatable bonds is 5. The fourth-order valence-electron chi connectivity index (χ4n) is 1.24. The molecule has 1 amide bonds. The quantitative estimate of drug-likeness (QED) is 0.868.